The zero-order valence-electron chi connectivity index (χ0n) is 10.0. The van der Waals surface area contributed by atoms with E-state index in [1.54, 1.807) is 18.7 Å². The van der Waals surface area contributed by atoms with Gasteiger partial charge in [0, 0.05) is 19.5 Å². The molecule has 0 aliphatic carbocycles. The van der Waals surface area contributed by atoms with Gasteiger partial charge in [-0.2, -0.15) is 0 Å². The molecule has 0 spiro atoms. The Morgan fingerprint density at radius 2 is 1.67 bits per heavy atom. The van der Waals surface area contributed by atoms with Crippen LogP contribution in [-0.4, -0.2) is 35.0 Å². The van der Waals surface area contributed by atoms with E-state index in [-0.39, 0.29) is 5.91 Å². The van der Waals surface area contributed by atoms with Crippen molar-refractivity contribution in [1.82, 2.24) is 4.90 Å². The number of carbonyl (C=O) groups excluding carboxylic acids is 1. The number of rotatable bonds is 6. The van der Waals surface area contributed by atoms with Gasteiger partial charge in [-0.25, -0.2) is 0 Å². The van der Waals surface area contributed by atoms with Gasteiger partial charge in [-0.1, -0.05) is 0 Å². The lowest BCUT2D eigenvalue weighted by Crippen LogP contribution is -2.32. The number of hydrogen-bond donors (Lipinski definition) is 1. The SMILES string of the molecule is CCN(CC)C(=O)CCC(C)(C)C(=O)O. The van der Waals surface area contributed by atoms with Crippen LogP contribution in [0.5, 0.6) is 0 Å². The second-order valence-corrected chi connectivity index (χ2v) is 4.26. The van der Waals surface area contributed by atoms with Crippen molar-refractivity contribution in [1.29, 1.82) is 0 Å². The maximum atomic E-state index is 11.6. The molecule has 1 N–H and O–H groups in total. The Labute approximate surface area is 91.3 Å². The molecule has 0 bridgehead atoms. The summed E-state index contributed by atoms with van der Waals surface area (Å²) in [7, 11) is 0. The van der Waals surface area contributed by atoms with E-state index in [9.17, 15) is 9.59 Å². The summed E-state index contributed by atoms with van der Waals surface area (Å²) in [6.07, 6.45) is 0.693. The van der Waals surface area contributed by atoms with Crippen LogP contribution in [0, 0.1) is 5.41 Å². The molecule has 0 saturated heterocycles. The summed E-state index contributed by atoms with van der Waals surface area (Å²) in [5.74, 6) is -0.816. The van der Waals surface area contributed by atoms with Crippen molar-refractivity contribution < 1.29 is 14.7 Å². The highest BCUT2D eigenvalue weighted by molar-refractivity contribution is 5.78. The first-order valence-electron chi connectivity index (χ1n) is 5.36. The molecule has 0 aliphatic heterocycles. The second-order valence-electron chi connectivity index (χ2n) is 4.26. The minimum absolute atomic E-state index is 0.0364. The summed E-state index contributed by atoms with van der Waals surface area (Å²) >= 11 is 0. The Morgan fingerprint density at radius 3 is 2.00 bits per heavy atom. The van der Waals surface area contributed by atoms with Crippen LogP contribution in [0.1, 0.15) is 40.5 Å². The molecule has 0 aromatic rings. The first-order chi connectivity index (χ1) is 6.85. The topological polar surface area (TPSA) is 57.6 Å². The molecule has 0 aliphatic rings. The van der Waals surface area contributed by atoms with Gasteiger partial charge < -0.3 is 10.0 Å². The monoisotopic (exact) mass is 215 g/mol. The normalized spacial score (nSPS) is 11.2. The number of amides is 1. The van der Waals surface area contributed by atoms with Crippen LogP contribution in [0.3, 0.4) is 0 Å². The third kappa shape index (κ3) is 4.32. The second kappa shape index (κ2) is 5.73. The van der Waals surface area contributed by atoms with Gasteiger partial charge in [-0.05, 0) is 34.1 Å². The summed E-state index contributed by atoms with van der Waals surface area (Å²) in [5, 5.41) is 8.88. The Morgan fingerprint density at radius 1 is 1.20 bits per heavy atom. The van der Waals surface area contributed by atoms with E-state index in [0.717, 1.165) is 0 Å². The van der Waals surface area contributed by atoms with Crippen LogP contribution >= 0.6 is 0 Å². The summed E-state index contributed by atoms with van der Waals surface area (Å²) in [6.45, 7) is 8.49. The van der Waals surface area contributed by atoms with Crippen molar-refractivity contribution in [2.45, 2.75) is 40.5 Å². The molecule has 0 aromatic heterocycles. The lowest BCUT2D eigenvalue weighted by Gasteiger charge is -2.22. The quantitative estimate of drug-likeness (QED) is 0.734. The van der Waals surface area contributed by atoms with Gasteiger partial charge in [0.05, 0.1) is 5.41 Å². The van der Waals surface area contributed by atoms with Crippen LogP contribution < -0.4 is 0 Å². The predicted molar refractivity (Wildman–Crippen MR) is 58.6 cm³/mol. The minimum atomic E-state index is -0.852. The predicted octanol–water partition coefficient (Wildman–Crippen LogP) is 1.75. The first kappa shape index (κ1) is 13.9. The lowest BCUT2D eigenvalue weighted by molar-refractivity contribution is -0.147. The van der Waals surface area contributed by atoms with Gasteiger partial charge in [0.2, 0.25) is 5.91 Å². The summed E-state index contributed by atoms with van der Waals surface area (Å²) in [5.41, 5.74) is -0.817. The lowest BCUT2D eigenvalue weighted by atomic mass is 9.88. The Balaban J connectivity index is 4.16. The standard InChI is InChI=1S/C11H21NO3/c1-5-12(6-2)9(13)7-8-11(3,4)10(14)15/h5-8H2,1-4H3,(H,14,15). The number of carboxylic acid groups (broad SMARTS) is 1. The molecule has 15 heavy (non-hydrogen) atoms. The highest BCUT2D eigenvalue weighted by Crippen LogP contribution is 2.22. The largest absolute Gasteiger partial charge is 0.481 e. The third-order valence-electron chi connectivity index (χ3n) is 2.66. The van der Waals surface area contributed by atoms with Crippen LogP contribution in [-0.2, 0) is 9.59 Å². The van der Waals surface area contributed by atoms with Crippen molar-refractivity contribution in [3.8, 4) is 0 Å². The molecule has 0 rings (SSSR count). The van der Waals surface area contributed by atoms with Crippen molar-refractivity contribution in [2.24, 2.45) is 5.41 Å². The maximum absolute atomic E-state index is 11.6. The average Bonchev–Trinajstić information content (AvgIpc) is 2.16. The van der Waals surface area contributed by atoms with Crippen molar-refractivity contribution in [2.75, 3.05) is 13.1 Å². The van der Waals surface area contributed by atoms with Crippen LogP contribution in [0.15, 0.2) is 0 Å². The molecule has 0 unspecified atom stereocenters. The van der Waals surface area contributed by atoms with E-state index in [4.69, 9.17) is 5.11 Å². The van der Waals surface area contributed by atoms with Gasteiger partial charge in [0.25, 0.3) is 0 Å². The molecule has 0 atom stereocenters. The fraction of sp³-hybridized carbons (Fsp3) is 0.818. The number of carboxylic acids is 1. The summed E-state index contributed by atoms with van der Waals surface area (Å²) in [6, 6.07) is 0. The molecule has 0 fully saturated rings. The minimum Gasteiger partial charge on any atom is -0.481 e. The molecule has 4 heteroatoms. The molecule has 0 radical (unpaired) electrons. The van der Waals surface area contributed by atoms with Gasteiger partial charge in [0.15, 0.2) is 0 Å². The highest BCUT2D eigenvalue weighted by Gasteiger charge is 2.28. The smallest absolute Gasteiger partial charge is 0.309 e. The zero-order valence-corrected chi connectivity index (χ0v) is 10.0. The maximum Gasteiger partial charge on any atom is 0.309 e. The van der Waals surface area contributed by atoms with Crippen molar-refractivity contribution in [3.05, 3.63) is 0 Å². The van der Waals surface area contributed by atoms with Gasteiger partial charge in [0.1, 0.15) is 0 Å². The van der Waals surface area contributed by atoms with Gasteiger partial charge in [-0.15, -0.1) is 0 Å². The van der Waals surface area contributed by atoms with E-state index >= 15 is 0 Å². The molecule has 0 heterocycles. The van der Waals surface area contributed by atoms with Gasteiger partial charge >= 0.3 is 5.97 Å². The zero-order chi connectivity index (χ0) is 12.1. The average molecular weight is 215 g/mol. The number of hydrogen-bond acceptors (Lipinski definition) is 2. The van der Waals surface area contributed by atoms with Crippen molar-refractivity contribution >= 4 is 11.9 Å². The number of carbonyl (C=O) groups is 2. The van der Waals surface area contributed by atoms with E-state index in [1.807, 2.05) is 13.8 Å². The van der Waals surface area contributed by atoms with Gasteiger partial charge in [-0.3, -0.25) is 9.59 Å². The molecule has 1 amide bonds. The molecular formula is C11H21NO3. The Kier molecular flexibility index (Phi) is 5.33. The van der Waals surface area contributed by atoms with Crippen LogP contribution in [0.4, 0.5) is 0 Å². The summed E-state index contributed by atoms with van der Waals surface area (Å²) < 4.78 is 0. The number of nitrogens with zero attached hydrogens (tertiary/aromatic N) is 1. The van der Waals surface area contributed by atoms with E-state index in [0.29, 0.717) is 25.9 Å². The van der Waals surface area contributed by atoms with E-state index in [1.165, 1.54) is 0 Å². The van der Waals surface area contributed by atoms with E-state index < -0.39 is 11.4 Å². The van der Waals surface area contributed by atoms with E-state index in [2.05, 4.69) is 0 Å². The molecule has 0 aromatic carbocycles. The van der Waals surface area contributed by atoms with Crippen LogP contribution in [0.25, 0.3) is 0 Å². The molecule has 88 valence electrons. The fourth-order valence-corrected chi connectivity index (χ4v) is 1.26. The highest BCUT2D eigenvalue weighted by atomic mass is 16.4. The third-order valence-corrected chi connectivity index (χ3v) is 2.66. The summed E-state index contributed by atoms with van der Waals surface area (Å²) in [4.78, 5) is 24.1. The van der Waals surface area contributed by atoms with Crippen molar-refractivity contribution in [3.63, 3.8) is 0 Å². The molecule has 0 saturated carbocycles. The molecule has 4 nitrogen and oxygen atoms in total. The molecular weight excluding hydrogens is 194 g/mol. The van der Waals surface area contributed by atoms with Crippen LogP contribution in [0.2, 0.25) is 0 Å². The fourth-order valence-electron chi connectivity index (χ4n) is 1.26. The Bertz CT molecular complexity index is 232. The number of aliphatic carboxylic acids is 1. The Hall–Kier alpha value is -1.06. The first-order valence-corrected chi connectivity index (χ1v) is 5.36.